The van der Waals surface area contributed by atoms with Crippen molar-refractivity contribution in [1.82, 2.24) is 0 Å². The number of hydrogen-bond acceptors (Lipinski definition) is 5. The Morgan fingerprint density at radius 2 is 1.06 bits per heavy atom. The summed E-state index contributed by atoms with van der Waals surface area (Å²) in [5.41, 5.74) is 0. The lowest BCUT2D eigenvalue weighted by molar-refractivity contribution is -0.239. The van der Waals surface area contributed by atoms with Crippen LogP contribution in [0, 0.1) is 0 Å². The van der Waals surface area contributed by atoms with Crippen LogP contribution in [0.4, 0.5) is 0 Å². The molecule has 2 rings (SSSR count). The van der Waals surface area contributed by atoms with Crippen LogP contribution in [0.3, 0.4) is 0 Å². The third-order valence-electron chi connectivity index (χ3n) is 5.68. The van der Waals surface area contributed by atoms with E-state index in [9.17, 15) is 0 Å². The van der Waals surface area contributed by atoms with Gasteiger partial charge < -0.3 is 23.4 Å². The molecule has 32 heavy (non-hydrogen) atoms. The van der Waals surface area contributed by atoms with E-state index < -0.39 is 14.1 Å². The molecule has 0 aromatic heterocycles. The van der Waals surface area contributed by atoms with Crippen molar-refractivity contribution in [3.63, 3.8) is 0 Å². The summed E-state index contributed by atoms with van der Waals surface area (Å²) in [4.78, 5) is 0. The summed E-state index contributed by atoms with van der Waals surface area (Å²) in [6.45, 7) is 11.3. The van der Waals surface area contributed by atoms with E-state index in [1.165, 1.54) is 10.4 Å². The van der Waals surface area contributed by atoms with Gasteiger partial charge in [-0.05, 0) is 22.3 Å². The van der Waals surface area contributed by atoms with Crippen LogP contribution in [0.25, 0.3) is 0 Å². The van der Waals surface area contributed by atoms with Gasteiger partial charge >= 0.3 is 0 Å². The fourth-order valence-corrected chi connectivity index (χ4v) is 8.58. The average molecular weight is 461 g/mol. The molecule has 0 spiro atoms. The first-order valence-corrected chi connectivity index (χ1v) is 13.2. The predicted octanol–water partition coefficient (Wildman–Crippen LogP) is 4.00. The summed E-state index contributed by atoms with van der Waals surface area (Å²) in [5, 5.41) is 2.46. The Morgan fingerprint density at radius 3 is 1.44 bits per heavy atom. The number of ether oxygens (including phenoxy) is 4. The average Bonchev–Trinajstić information content (AvgIpc) is 2.78. The first kappa shape index (κ1) is 26.7. The Kier molecular flexibility index (Phi) is 10.5. The lowest BCUT2D eigenvalue weighted by Crippen LogP contribution is -2.66. The summed E-state index contributed by atoms with van der Waals surface area (Å²) in [5.74, 6) is -0.775. The minimum absolute atomic E-state index is 0.0695. The van der Waals surface area contributed by atoms with Gasteiger partial charge in [0.15, 0.2) is 5.79 Å². The molecule has 2 aromatic rings. The number of benzene rings is 2. The van der Waals surface area contributed by atoms with Crippen molar-refractivity contribution < 1.29 is 23.4 Å². The molecule has 0 fully saturated rings. The van der Waals surface area contributed by atoms with Gasteiger partial charge in [0.1, 0.15) is 0 Å². The van der Waals surface area contributed by atoms with Gasteiger partial charge in [-0.3, -0.25) is 0 Å². The SMILES string of the molecule is COCCOC(C)(CCO[Si](c1ccccc1)(c1ccccc1)C(C)(C)C)OCCOC. The molecule has 0 radical (unpaired) electrons. The van der Waals surface area contributed by atoms with E-state index >= 15 is 0 Å². The summed E-state index contributed by atoms with van der Waals surface area (Å²) in [6, 6.07) is 21.3. The van der Waals surface area contributed by atoms with Crippen molar-refractivity contribution in [3.8, 4) is 0 Å². The fraction of sp³-hybridized carbons (Fsp3) is 0.538. The smallest absolute Gasteiger partial charge is 0.261 e. The standard InChI is InChI=1S/C26H40O5Si/c1-25(2,3)32(23-13-9-7-10-14-23,24-15-11-8-12-16-24)31-18-17-26(4,29-21-19-27-5)30-22-20-28-6/h7-16H,17-22H2,1-6H3. The quantitative estimate of drug-likeness (QED) is 0.242. The molecular formula is C26H40O5Si. The van der Waals surface area contributed by atoms with Crippen LogP contribution in [0.2, 0.25) is 5.04 Å². The third kappa shape index (κ3) is 6.98. The Morgan fingerprint density at radius 1 is 0.625 bits per heavy atom. The number of hydrogen-bond donors (Lipinski definition) is 0. The maximum absolute atomic E-state index is 6.99. The van der Waals surface area contributed by atoms with Crippen LogP contribution in [0.5, 0.6) is 0 Å². The largest absolute Gasteiger partial charge is 0.407 e. The second-order valence-electron chi connectivity index (χ2n) is 9.08. The van der Waals surface area contributed by atoms with Crippen LogP contribution < -0.4 is 10.4 Å². The Labute approximate surface area is 195 Å². The summed E-state index contributed by atoms with van der Waals surface area (Å²) in [7, 11) is 0.745. The monoisotopic (exact) mass is 460 g/mol. The van der Waals surface area contributed by atoms with E-state index in [1.807, 2.05) is 6.92 Å². The lowest BCUT2D eigenvalue weighted by atomic mass is 10.2. The normalized spacial score (nSPS) is 12.8. The molecule has 6 heteroatoms. The van der Waals surface area contributed by atoms with Crippen LogP contribution in [0.15, 0.2) is 60.7 Å². The number of rotatable bonds is 14. The highest BCUT2D eigenvalue weighted by Crippen LogP contribution is 2.37. The fourth-order valence-electron chi connectivity index (χ4n) is 4.02. The van der Waals surface area contributed by atoms with Crippen molar-refractivity contribution in [1.29, 1.82) is 0 Å². The summed E-state index contributed by atoms with van der Waals surface area (Å²) < 4.78 is 29.4. The van der Waals surface area contributed by atoms with Crippen molar-refractivity contribution in [2.75, 3.05) is 47.3 Å². The van der Waals surface area contributed by atoms with E-state index in [1.54, 1.807) is 14.2 Å². The van der Waals surface area contributed by atoms with Crippen molar-refractivity contribution >= 4 is 18.7 Å². The van der Waals surface area contributed by atoms with E-state index in [2.05, 4.69) is 81.4 Å². The van der Waals surface area contributed by atoms with Crippen LogP contribution >= 0.6 is 0 Å². The van der Waals surface area contributed by atoms with Crippen LogP contribution in [0.1, 0.15) is 34.1 Å². The summed E-state index contributed by atoms with van der Waals surface area (Å²) >= 11 is 0. The molecule has 0 aliphatic rings. The van der Waals surface area contributed by atoms with Gasteiger partial charge in [-0.2, -0.15) is 0 Å². The highest BCUT2D eigenvalue weighted by Gasteiger charge is 2.50. The van der Waals surface area contributed by atoms with Gasteiger partial charge in [0, 0.05) is 27.2 Å². The first-order chi connectivity index (χ1) is 15.3. The van der Waals surface area contributed by atoms with Crippen molar-refractivity contribution in [2.24, 2.45) is 0 Å². The lowest BCUT2D eigenvalue weighted by Gasteiger charge is -2.43. The third-order valence-corrected chi connectivity index (χ3v) is 10.7. The zero-order valence-corrected chi connectivity index (χ0v) is 21.6. The van der Waals surface area contributed by atoms with Gasteiger partial charge in [0.05, 0.1) is 26.4 Å². The summed E-state index contributed by atoms with van der Waals surface area (Å²) in [6.07, 6.45) is 0.602. The van der Waals surface area contributed by atoms with Gasteiger partial charge in [0.25, 0.3) is 8.32 Å². The Bertz CT molecular complexity index is 711. The van der Waals surface area contributed by atoms with Gasteiger partial charge in [-0.1, -0.05) is 81.4 Å². The van der Waals surface area contributed by atoms with E-state index in [4.69, 9.17) is 23.4 Å². The molecule has 0 unspecified atom stereocenters. The molecule has 0 aliphatic carbocycles. The maximum Gasteiger partial charge on any atom is 0.261 e. The molecule has 0 atom stereocenters. The van der Waals surface area contributed by atoms with Gasteiger partial charge in [-0.15, -0.1) is 0 Å². The van der Waals surface area contributed by atoms with E-state index in [-0.39, 0.29) is 5.04 Å². The Balaban J connectivity index is 2.31. The van der Waals surface area contributed by atoms with Gasteiger partial charge in [0.2, 0.25) is 0 Å². The maximum atomic E-state index is 6.99. The zero-order valence-electron chi connectivity index (χ0n) is 20.6. The molecule has 0 bridgehead atoms. The molecule has 0 saturated carbocycles. The zero-order chi connectivity index (χ0) is 23.5. The van der Waals surface area contributed by atoms with Crippen LogP contribution in [-0.2, 0) is 23.4 Å². The second-order valence-corrected chi connectivity index (χ2v) is 13.4. The van der Waals surface area contributed by atoms with Crippen LogP contribution in [-0.4, -0.2) is 61.4 Å². The Hall–Kier alpha value is -1.54. The molecule has 0 N–H and O–H groups in total. The molecular weight excluding hydrogens is 420 g/mol. The predicted molar refractivity (Wildman–Crippen MR) is 132 cm³/mol. The highest BCUT2D eigenvalue weighted by atomic mass is 28.4. The highest BCUT2D eigenvalue weighted by molar-refractivity contribution is 6.99. The molecule has 5 nitrogen and oxygen atoms in total. The molecule has 0 heterocycles. The second kappa shape index (κ2) is 12.6. The molecule has 178 valence electrons. The topological polar surface area (TPSA) is 46.2 Å². The number of methoxy groups -OCH3 is 2. The minimum atomic E-state index is -2.59. The molecule has 0 aliphatic heterocycles. The first-order valence-electron chi connectivity index (χ1n) is 11.3. The van der Waals surface area contributed by atoms with E-state index in [0.29, 0.717) is 39.5 Å². The molecule has 0 amide bonds. The molecule has 2 aromatic carbocycles. The van der Waals surface area contributed by atoms with E-state index in [0.717, 1.165) is 0 Å². The van der Waals surface area contributed by atoms with Crippen molar-refractivity contribution in [2.45, 2.75) is 44.9 Å². The van der Waals surface area contributed by atoms with Crippen molar-refractivity contribution in [3.05, 3.63) is 60.7 Å². The minimum Gasteiger partial charge on any atom is -0.407 e. The molecule has 0 saturated heterocycles. The van der Waals surface area contributed by atoms with Gasteiger partial charge in [-0.25, -0.2) is 0 Å².